The van der Waals surface area contributed by atoms with Crippen LogP contribution in [0.4, 0.5) is 0 Å². The first kappa shape index (κ1) is 38.9. The molecule has 0 rings (SSSR count). The maximum Gasteiger partial charge on any atom is 0 e. The molecule has 2 radical (unpaired) electrons. The van der Waals surface area contributed by atoms with E-state index >= 15 is 0 Å². The summed E-state index contributed by atoms with van der Waals surface area (Å²) in [6, 6.07) is 0. The third-order valence-electron chi connectivity index (χ3n) is 2.00. The van der Waals surface area contributed by atoms with Crippen molar-refractivity contribution in [2.75, 3.05) is 0 Å². The molecule has 4 heteroatoms. The second-order valence-electron chi connectivity index (χ2n) is 4.10. The standard InChI is InChI=1S/C8H10O.C7H10O.2C2H6.2Y/c1-7(2)8(3)5-4-6-9;1-6(2)7(3)4-5-8;2*1-2;;/h3-5,7H,1-2H3;4,6H,3H2,1-2H3;2*1-2H3;;/q2*-2;;;;. The van der Waals surface area contributed by atoms with Gasteiger partial charge in [0.15, 0.2) is 0 Å². The number of rotatable bonds is 5. The summed E-state index contributed by atoms with van der Waals surface area (Å²) < 4.78 is 0. The zero-order valence-electron chi connectivity index (χ0n) is 16.1. The molecule has 0 aliphatic rings. The Morgan fingerprint density at radius 3 is 1.48 bits per heavy atom. The molecule has 0 fully saturated rings. The van der Waals surface area contributed by atoms with Gasteiger partial charge >= 0.3 is 0 Å². The van der Waals surface area contributed by atoms with Gasteiger partial charge in [0.1, 0.15) is 0 Å². The van der Waals surface area contributed by atoms with Gasteiger partial charge in [-0.05, 0) is 6.29 Å². The summed E-state index contributed by atoms with van der Waals surface area (Å²) in [4.78, 5) is 19.3. The smallest absolute Gasteiger partial charge is 0 e. The van der Waals surface area contributed by atoms with Crippen molar-refractivity contribution < 1.29 is 75.0 Å². The monoisotopic (exact) mass is 470 g/mol. The third kappa shape index (κ3) is 39.4. The normalized spacial score (nSPS) is 8.87. The summed E-state index contributed by atoms with van der Waals surface area (Å²) in [6.45, 7) is 25.0. The average molecular weight is 470 g/mol. The minimum atomic E-state index is 0. The van der Waals surface area contributed by atoms with Crippen molar-refractivity contribution in [2.45, 2.75) is 55.4 Å². The molecular formula is C19H32O2Y2-4. The van der Waals surface area contributed by atoms with Crippen LogP contribution in [0.1, 0.15) is 55.4 Å². The number of hydrogen-bond donors (Lipinski definition) is 0. The van der Waals surface area contributed by atoms with E-state index in [4.69, 9.17) is 6.58 Å². The molecule has 0 unspecified atom stereocenters. The second-order valence-corrected chi connectivity index (χ2v) is 4.10. The van der Waals surface area contributed by atoms with Crippen LogP contribution in [0.5, 0.6) is 0 Å². The largest absolute Gasteiger partial charge is 0.440 e. The van der Waals surface area contributed by atoms with Crippen molar-refractivity contribution in [1.29, 1.82) is 0 Å². The molecule has 0 N–H and O–H groups in total. The van der Waals surface area contributed by atoms with Crippen LogP contribution in [0.15, 0.2) is 29.4 Å². The summed E-state index contributed by atoms with van der Waals surface area (Å²) in [5, 5.41) is 0. The molecule has 0 amide bonds. The maximum absolute atomic E-state index is 9.68. The van der Waals surface area contributed by atoms with Crippen LogP contribution in [0, 0.1) is 25.3 Å². The van der Waals surface area contributed by atoms with Gasteiger partial charge in [-0.15, -0.1) is 12.2 Å². The van der Waals surface area contributed by atoms with E-state index in [1.807, 2.05) is 55.4 Å². The minimum absolute atomic E-state index is 0. The van der Waals surface area contributed by atoms with Crippen LogP contribution in [-0.2, 0) is 75.0 Å². The molecule has 0 aliphatic carbocycles. The van der Waals surface area contributed by atoms with Gasteiger partial charge in [0, 0.05) is 65.4 Å². The molecule has 0 saturated carbocycles. The Balaban J connectivity index is -0.0000000482. The van der Waals surface area contributed by atoms with Gasteiger partial charge in [0.2, 0.25) is 0 Å². The molecule has 0 atom stereocenters. The Hall–Kier alpha value is 0.638. The van der Waals surface area contributed by atoms with Crippen LogP contribution in [-0.4, -0.2) is 12.6 Å². The Kier molecular flexibility index (Phi) is 57.7. The van der Waals surface area contributed by atoms with Crippen molar-refractivity contribution >= 4 is 12.6 Å². The first-order valence-corrected chi connectivity index (χ1v) is 7.43. The number of hydrogen-bond acceptors (Lipinski definition) is 2. The predicted molar refractivity (Wildman–Crippen MR) is 94.2 cm³/mol. The molecule has 0 aliphatic heterocycles. The quantitative estimate of drug-likeness (QED) is 0.314. The Bertz CT molecular complexity index is 304. The molecule has 0 bridgehead atoms. The van der Waals surface area contributed by atoms with Gasteiger partial charge in [-0.3, -0.25) is 6.58 Å². The molecular weight excluding hydrogens is 438 g/mol. The van der Waals surface area contributed by atoms with E-state index in [-0.39, 0.29) is 65.4 Å². The Labute approximate surface area is 195 Å². The topological polar surface area (TPSA) is 34.1 Å². The summed E-state index contributed by atoms with van der Waals surface area (Å²) in [6.07, 6.45) is 7.50. The molecule has 0 saturated heterocycles. The van der Waals surface area contributed by atoms with Crippen molar-refractivity contribution in [2.24, 2.45) is 11.8 Å². The third-order valence-corrected chi connectivity index (χ3v) is 2.00. The minimum Gasteiger partial charge on any atom is -0.440 e. The predicted octanol–water partition coefficient (Wildman–Crippen LogP) is 5.23. The van der Waals surface area contributed by atoms with Crippen molar-refractivity contribution in [1.82, 2.24) is 0 Å². The molecule has 0 aromatic rings. The SMILES string of the molecule is CC.CC.[CH-]=C(C=C[C-]=O)C(C)C.[CH2-]C(=C[C-]=O)C(C)C.[Y].[Y]. The molecule has 2 nitrogen and oxygen atoms in total. The van der Waals surface area contributed by atoms with Gasteiger partial charge in [0.25, 0.3) is 0 Å². The van der Waals surface area contributed by atoms with E-state index < -0.39 is 0 Å². The van der Waals surface area contributed by atoms with E-state index in [2.05, 4.69) is 6.92 Å². The second kappa shape index (κ2) is 34.1. The van der Waals surface area contributed by atoms with E-state index in [1.54, 1.807) is 18.6 Å². The van der Waals surface area contributed by atoms with Crippen molar-refractivity contribution in [3.8, 4) is 0 Å². The molecule has 0 aromatic carbocycles. The van der Waals surface area contributed by atoms with Gasteiger partial charge in [-0.2, -0.15) is 6.08 Å². The molecule has 0 spiro atoms. The van der Waals surface area contributed by atoms with Crippen molar-refractivity contribution in [3.63, 3.8) is 0 Å². The maximum atomic E-state index is 9.68. The fourth-order valence-electron chi connectivity index (χ4n) is 0.565. The van der Waals surface area contributed by atoms with Gasteiger partial charge < -0.3 is 28.2 Å². The number of carbonyl (C=O) groups excluding carboxylic acids is 2. The summed E-state index contributed by atoms with van der Waals surface area (Å²) in [7, 11) is 0. The first-order valence-electron chi connectivity index (χ1n) is 7.43. The van der Waals surface area contributed by atoms with E-state index in [1.165, 1.54) is 12.2 Å². The number of allylic oxidation sites excluding steroid dienone is 5. The van der Waals surface area contributed by atoms with Gasteiger partial charge in [-0.25, -0.2) is 11.6 Å². The summed E-state index contributed by atoms with van der Waals surface area (Å²) in [5.74, 6) is 0.658. The Morgan fingerprint density at radius 1 is 0.913 bits per heavy atom. The van der Waals surface area contributed by atoms with Gasteiger partial charge in [0.05, 0.1) is 0 Å². The van der Waals surface area contributed by atoms with E-state index in [0.29, 0.717) is 17.4 Å². The summed E-state index contributed by atoms with van der Waals surface area (Å²) in [5.41, 5.74) is 1.54. The van der Waals surface area contributed by atoms with Crippen LogP contribution in [0.2, 0.25) is 0 Å². The van der Waals surface area contributed by atoms with Crippen LogP contribution >= 0.6 is 0 Å². The molecule has 0 aromatic heterocycles. The fraction of sp³-hybridized carbons (Fsp3) is 0.526. The van der Waals surface area contributed by atoms with Crippen LogP contribution < -0.4 is 0 Å². The fourth-order valence-corrected chi connectivity index (χ4v) is 0.565. The van der Waals surface area contributed by atoms with E-state index in [9.17, 15) is 9.59 Å². The molecule has 130 valence electrons. The van der Waals surface area contributed by atoms with E-state index in [0.717, 1.165) is 5.57 Å². The van der Waals surface area contributed by atoms with Gasteiger partial charge in [-0.1, -0.05) is 61.3 Å². The van der Waals surface area contributed by atoms with Crippen LogP contribution in [0.25, 0.3) is 0 Å². The summed E-state index contributed by atoms with van der Waals surface area (Å²) >= 11 is 0. The zero-order valence-corrected chi connectivity index (χ0v) is 21.8. The molecule has 23 heavy (non-hydrogen) atoms. The first-order chi connectivity index (χ1) is 9.86. The van der Waals surface area contributed by atoms with Crippen molar-refractivity contribution in [3.05, 3.63) is 42.9 Å². The average Bonchev–Trinajstić information content (AvgIpc) is 2.49. The zero-order chi connectivity index (χ0) is 17.8. The Morgan fingerprint density at radius 2 is 1.30 bits per heavy atom. The van der Waals surface area contributed by atoms with Crippen LogP contribution in [0.3, 0.4) is 0 Å². The molecule has 0 heterocycles.